The fourth-order valence-electron chi connectivity index (χ4n) is 2.15. The van der Waals surface area contributed by atoms with Crippen LogP contribution >= 0.6 is 0 Å². The maximum Gasteiger partial charge on any atom is 0.149 e. The van der Waals surface area contributed by atoms with Crippen LogP contribution in [-0.2, 0) is 0 Å². The van der Waals surface area contributed by atoms with Gasteiger partial charge < -0.3 is 5.32 Å². The molecule has 0 aliphatic heterocycles. The van der Waals surface area contributed by atoms with Crippen molar-refractivity contribution in [2.45, 2.75) is 65.3 Å². The van der Waals surface area contributed by atoms with Crippen LogP contribution in [0.2, 0.25) is 0 Å². The number of rotatable bonds is 8. The van der Waals surface area contributed by atoms with Gasteiger partial charge in [0.1, 0.15) is 5.82 Å². The molecule has 0 spiro atoms. The average Bonchev–Trinajstić information content (AvgIpc) is 2.35. The quantitative estimate of drug-likeness (QED) is 0.619. The topological polar surface area (TPSA) is 12.0 Å². The standard InChI is InChI=1S/C16H26FN/c1-4-5-6-7-8-11-14(3)18-15-12-9-10-13(2)16(15)17/h9-10,12,14,18H,4-8,11H2,1-3H3. The maximum atomic E-state index is 13.8. The highest BCUT2D eigenvalue weighted by atomic mass is 19.1. The highest BCUT2D eigenvalue weighted by Crippen LogP contribution is 2.19. The van der Waals surface area contributed by atoms with Gasteiger partial charge in [-0.2, -0.15) is 0 Å². The van der Waals surface area contributed by atoms with Gasteiger partial charge in [0.25, 0.3) is 0 Å². The molecule has 1 nitrogen and oxygen atoms in total. The molecule has 0 fully saturated rings. The van der Waals surface area contributed by atoms with Gasteiger partial charge in [0.15, 0.2) is 0 Å². The minimum absolute atomic E-state index is 0.115. The number of halogens is 1. The number of benzene rings is 1. The molecule has 1 N–H and O–H groups in total. The van der Waals surface area contributed by atoms with Crippen LogP contribution in [0.4, 0.5) is 10.1 Å². The summed E-state index contributed by atoms with van der Waals surface area (Å²) in [4.78, 5) is 0. The summed E-state index contributed by atoms with van der Waals surface area (Å²) >= 11 is 0. The third-order valence-electron chi connectivity index (χ3n) is 3.33. The molecular weight excluding hydrogens is 225 g/mol. The van der Waals surface area contributed by atoms with Gasteiger partial charge in [-0.25, -0.2) is 4.39 Å². The number of aryl methyl sites for hydroxylation is 1. The van der Waals surface area contributed by atoms with E-state index in [1.165, 1.54) is 32.1 Å². The lowest BCUT2D eigenvalue weighted by Crippen LogP contribution is -2.16. The highest BCUT2D eigenvalue weighted by Gasteiger charge is 2.07. The second-order valence-electron chi connectivity index (χ2n) is 5.18. The van der Waals surface area contributed by atoms with Crippen molar-refractivity contribution in [2.24, 2.45) is 0 Å². The SMILES string of the molecule is CCCCCCCC(C)Nc1cccc(C)c1F. The number of hydrogen-bond donors (Lipinski definition) is 1. The van der Waals surface area contributed by atoms with E-state index < -0.39 is 0 Å². The zero-order valence-corrected chi connectivity index (χ0v) is 11.9. The van der Waals surface area contributed by atoms with Crippen LogP contribution in [-0.4, -0.2) is 6.04 Å². The molecule has 18 heavy (non-hydrogen) atoms. The Morgan fingerprint density at radius 2 is 1.89 bits per heavy atom. The van der Waals surface area contributed by atoms with Crippen molar-refractivity contribution < 1.29 is 4.39 Å². The van der Waals surface area contributed by atoms with Crippen molar-refractivity contribution in [2.75, 3.05) is 5.32 Å². The molecule has 0 bridgehead atoms. The normalized spacial score (nSPS) is 12.4. The van der Waals surface area contributed by atoms with Gasteiger partial charge in [0, 0.05) is 6.04 Å². The highest BCUT2D eigenvalue weighted by molar-refractivity contribution is 5.47. The molecule has 1 rings (SSSR count). The van der Waals surface area contributed by atoms with Gasteiger partial charge in [-0.05, 0) is 31.9 Å². The first-order valence-corrected chi connectivity index (χ1v) is 7.16. The van der Waals surface area contributed by atoms with Crippen molar-refractivity contribution in [3.8, 4) is 0 Å². The Bertz CT molecular complexity index is 349. The zero-order valence-electron chi connectivity index (χ0n) is 11.9. The lowest BCUT2D eigenvalue weighted by atomic mass is 10.1. The van der Waals surface area contributed by atoms with Gasteiger partial charge in [-0.15, -0.1) is 0 Å². The summed E-state index contributed by atoms with van der Waals surface area (Å²) in [6, 6.07) is 5.85. The van der Waals surface area contributed by atoms with Gasteiger partial charge in [-0.1, -0.05) is 51.2 Å². The first kappa shape index (κ1) is 15.0. The van der Waals surface area contributed by atoms with Gasteiger partial charge >= 0.3 is 0 Å². The molecule has 0 saturated carbocycles. The summed E-state index contributed by atoms with van der Waals surface area (Å²) in [6.45, 7) is 6.15. The third-order valence-corrected chi connectivity index (χ3v) is 3.33. The van der Waals surface area contributed by atoms with Crippen LogP contribution in [0.25, 0.3) is 0 Å². The summed E-state index contributed by atoms with van der Waals surface area (Å²) in [6.07, 6.45) is 7.55. The number of anilines is 1. The van der Waals surface area contributed by atoms with Gasteiger partial charge in [0.05, 0.1) is 5.69 Å². The van der Waals surface area contributed by atoms with E-state index in [0.29, 0.717) is 17.3 Å². The van der Waals surface area contributed by atoms with E-state index in [0.717, 1.165) is 6.42 Å². The van der Waals surface area contributed by atoms with E-state index >= 15 is 0 Å². The molecule has 0 heterocycles. The smallest absolute Gasteiger partial charge is 0.149 e. The lowest BCUT2D eigenvalue weighted by molar-refractivity contribution is 0.572. The lowest BCUT2D eigenvalue weighted by Gasteiger charge is -2.16. The summed E-state index contributed by atoms with van der Waals surface area (Å²) in [7, 11) is 0. The summed E-state index contributed by atoms with van der Waals surface area (Å²) < 4.78 is 13.8. The number of hydrogen-bond acceptors (Lipinski definition) is 1. The monoisotopic (exact) mass is 251 g/mol. The maximum absolute atomic E-state index is 13.8. The molecule has 102 valence electrons. The molecule has 0 radical (unpaired) electrons. The first-order valence-electron chi connectivity index (χ1n) is 7.16. The molecule has 0 aliphatic carbocycles. The Balaban J connectivity index is 2.31. The third kappa shape index (κ3) is 5.07. The number of unbranched alkanes of at least 4 members (excludes halogenated alkanes) is 4. The Morgan fingerprint density at radius 3 is 2.61 bits per heavy atom. The molecule has 2 heteroatoms. The molecule has 1 atom stereocenters. The Kier molecular flexibility index (Phi) is 6.77. The summed E-state index contributed by atoms with van der Waals surface area (Å²) in [5.41, 5.74) is 1.34. The van der Waals surface area contributed by atoms with Crippen molar-refractivity contribution in [3.05, 3.63) is 29.6 Å². The molecule has 1 unspecified atom stereocenters. The molecule has 0 aromatic heterocycles. The predicted molar refractivity (Wildman–Crippen MR) is 77.6 cm³/mol. The van der Waals surface area contributed by atoms with Gasteiger partial charge in [-0.3, -0.25) is 0 Å². The summed E-state index contributed by atoms with van der Waals surface area (Å²) in [5, 5.41) is 3.27. The molecular formula is C16H26FN. The fourth-order valence-corrected chi connectivity index (χ4v) is 2.15. The molecule has 1 aromatic carbocycles. The second kappa shape index (κ2) is 8.12. The summed E-state index contributed by atoms with van der Waals surface area (Å²) in [5.74, 6) is -0.115. The Morgan fingerprint density at radius 1 is 1.17 bits per heavy atom. The van der Waals surface area contributed by atoms with Crippen LogP contribution in [0.15, 0.2) is 18.2 Å². The van der Waals surface area contributed by atoms with E-state index in [-0.39, 0.29) is 5.82 Å². The van der Waals surface area contributed by atoms with Crippen LogP contribution in [0.1, 0.15) is 57.9 Å². The minimum atomic E-state index is -0.115. The number of nitrogens with one attached hydrogen (secondary N) is 1. The molecule has 0 amide bonds. The second-order valence-corrected chi connectivity index (χ2v) is 5.18. The Hall–Kier alpha value is -1.05. The predicted octanol–water partition coefficient (Wildman–Crippen LogP) is 5.30. The van der Waals surface area contributed by atoms with E-state index in [1.807, 2.05) is 12.1 Å². The molecule has 0 aliphatic rings. The fraction of sp³-hybridized carbons (Fsp3) is 0.625. The van der Waals surface area contributed by atoms with Crippen LogP contribution in [0.5, 0.6) is 0 Å². The van der Waals surface area contributed by atoms with Crippen molar-refractivity contribution >= 4 is 5.69 Å². The zero-order chi connectivity index (χ0) is 13.4. The van der Waals surface area contributed by atoms with Crippen LogP contribution in [0.3, 0.4) is 0 Å². The largest absolute Gasteiger partial charge is 0.380 e. The van der Waals surface area contributed by atoms with Crippen molar-refractivity contribution in [3.63, 3.8) is 0 Å². The molecule has 0 saturated heterocycles. The first-order chi connectivity index (χ1) is 8.65. The van der Waals surface area contributed by atoms with E-state index in [1.54, 1.807) is 13.0 Å². The van der Waals surface area contributed by atoms with Crippen LogP contribution < -0.4 is 5.32 Å². The van der Waals surface area contributed by atoms with Crippen LogP contribution in [0, 0.1) is 12.7 Å². The van der Waals surface area contributed by atoms with Crippen molar-refractivity contribution in [1.29, 1.82) is 0 Å². The minimum Gasteiger partial charge on any atom is -0.380 e. The average molecular weight is 251 g/mol. The van der Waals surface area contributed by atoms with Crippen molar-refractivity contribution in [1.82, 2.24) is 0 Å². The van der Waals surface area contributed by atoms with E-state index in [4.69, 9.17) is 0 Å². The van der Waals surface area contributed by atoms with E-state index in [2.05, 4.69) is 19.2 Å². The molecule has 1 aromatic rings. The van der Waals surface area contributed by atoms with Gasteiger partial charge in [0.2, 0.25) is 0 Å². The Labute approximate surface area is 111 Å². The van der Waals surface area contributed by atoms with E-state index in [9.17, 15) is 4.39 Å².